The average Bonchev–Trinajstić information content (AvgIpc) is 2.47. The molecule has 0 spiro atoms. The van der Waals surface area contributed by atoms with Crippen LogP contribution in [0.2, 0.25) is 0 Å². The molecule has 1 aliphatic rings. The maximum atomic E-state index is 13.5. The summed E-state index contributed by atoms with van der Waals surface area (Å²) in [6.45, 7) is 1.92. The Bertz CT molecular complexity index is 557. The van der Waals surface area contributed by atoms with Crippen LogP contribution in [0.3, 0.4) is 0 Å². The van der Waals surface area contributed by atoms with E-state index in [1.165, 1.54) is 10.4 Å². The highest BCUT2D eigenvalue weighted by molar-refractivity contribution is 7.87. The minimum atomic E-state index is -3.54. The summed E-state index contributed by atoms with van der Waals surface area (Å²) in [5.41, 5.74) is 0.353. The Morgan fingerprint density at radius 1 is 1.29 bits per heavy atom. The second-order valence-electron chi connectivity index (χ2n) is 5.32. The van der Waals surface area contributed by atoms with Gasteiger partial charge in [-0.2, -0.15) is 17.4 Å². The SMILES string of the molecule is CNCC1CCN(S(=O)(=O)NCc2ccccc2F)CC1. The first-order valence-electron chi connectivity index (χ1n) is 7.15. The average molecular weight is 315 g/mol. The van der Waals surface area contributed by atoms with Crippen LogP contribution in [0.4, 0.5) is 4.39 Å². The van der Waals surface area contributed by atoms with Crippen molar-refractivity contribution in [2.75, 3.05) is 26.7 Å². The van der Waals surface area contributed by atoms with Gasteiger partial charge in [0.15, 0.2) is 0 Å². The first kappa shape index (κ1) is 16.4. The minimum Gasteiger partial charge on any atom is -0.319 e. The van der Waals surface area contributed by atoms with Crippen LogP contribution >= 0.6 is 0 Å². The molecular weight excluding hydrogens is 293 g/mol. The van der Waals surface area contributed by atoms with E-state index in [1.54, 1.807) is 18.2 Å². The number of nitrogens with one attached hydrogen (secondary N) is 2. The van der Waals surface area contributed by atoms with Crippen molar-refractivity contribution in [2.24, 2.45) is 5.92 Å². The van der Waals surface area contributed by atoms with Crippen molar-refractivity contribution in [3.8, 4) is 0 Å². The van der Waals surface area contributed by atoms with E-state index in [1.807, 2.05) is 7.05 Å². The first-order chi connectivity index (χ1) is 10.0. The third-order valence-corrected chi connectivity index (χ3v) is 5.36. The molecule has 2 rings (SSSR count). The Morgan fingerprint density at radius 2 is 1.95 bits per heavy atom. The summed E-state index contributed by atoms with van der Waals surface area (Å²) >= 11 is 0. The van der Waals surface area contributed by atoms with Crippen molar-refractivity contribution in [3.05, 3.63) is 35.6 Å². The van der Waals surface area contributed by atoms with Crippen molar-refractivity contribution in [2.45, 2.75) is 19.4 Å². The Hall–Kier alpha value is -1.02. The molecule has 0 atom stereocenters. The van der Waals surface area contributed by atoms with Gasteiger partial charge in [0.2, 0.25) is 0 Å². The van der Waals surface area contributed by atoms with Crippen molar-refractivity contribution < 1.29 is 12.8 Å². The summed E-state index contributed by atoms with van der Waals surface area (Å²) in [6, 6.07) is 6.18. The number of benzene rings is 1. The van der Waals surface area contributed by atoms with Gasteiger partial charge in [0.1, 0.15) is 5.82 Å². The van der Waals surface area contributed by atoms with E-state index in [0.29, 0.717) is 24.6 Å². The third kappa shape index (κ3) is 4.47. The number of rotatable bonds is 6. The van der Waals surface area contributed by atoms with Gasteiger partial charge in [0, 0.05) is 25.2 Å². The lowest BCUT2D eigenvalue weighted by Gasteiger charge is -2.31. The molecule has 1 aromatic rings. The zero-order chi connectivity index (χ0) is 15.3. The predicted octanol–water partition coefficient (Wildman–Crippen LogP) is 1.09. The lowest BCUT2D eigenvalue weighted by atomic mass is 9.98. The molecule has 0 aliphatic carbocycles. The molecule has 0 amide bonds. The maximum Gasteiger partial charge on any atom is 0.279 e. The fourth-order valence-electron chi connectivity index (χ4n) is 2.54. The molecule has 2 N–H and O–H groups in total. The summed E-state index contributed by atoms with van der Waals surface area (Å²) in [5, 5.41) is 3.12. The van der Waals surface area contributed by atoms with Gasteiger partial charge in [-0.15, -0.1) is 0 Å². The van der Waals surface area contributed by atoms with Gasteiger partial charge in [0.25, 0.3) is 10.2 Å². The van der Waals surface area contributed by atoms with E-state index >= 15 is 0 Å². The van der Waals surface area contributed by atoms with Crippen LogP contribution in [-0.2, 0) is 16.8 Å². The molecule has 0 aromatic heterocycles. The molecule has 5 nitrogen and oxygen atoms in total. The second kappa shape index (κ2) is 7.31. The van der Waals surface area contributed by atoms with Gasteiger partial charge in [0.05, 0.1) is 0 Å². The summed E-state index contributed by atoms with van der Waals surface area (Å²) in [4.78, 5) is 0. The molecule has 1 aromatic carbocycles. The van der Waals surface area contributed by atoms with Crippen LogP contribution in [0.15, 0.2) is 24.3 Å². The molecule has 1 fully saturated rings. The van der Waals surface area contributed by atoms with Crippen LogP contribution in [0.25, 0.3) is 0 Å². The molecule has 1 aliphatic heterocycles. The van der Waals surface area contributed by atoms with Gasteiger partial charge in [-0.1, -0.05) is 18.2 Å². The molecule has 1 saturated heterocycles. The van der Waals surface area contributed by atoms with Gasteiger partial charge in [-0.05, 0) is 38.4 Å². The van der Waals surface area contributed by atoms with Gasteiger partial charge < -0.3 is 5.32 Å². The molecular formula is C14H22FN3O2S. The molecule has 0 saturated carbocycles. The maximum absolute atomic E-state index is 13.5. The largest absolute Gasteiger partial charge is 0.319 e. The van der Waals surface area contributed by atoms with E-state index in [-0.39, 0.29) is 6.54 Å². The minimum absolute atomic E-state index is 0.0224. The zero-order valence-electron chi connectivity index (χ0n) is 12.2. The summed E-state index contributed by atoms with van der Waals surface area (Å²) in [7, 11) is -1.64. The van der Waals surface area contributed by atoms with Crippen molar-refractivity contribution in [1.29, 1.82) is 0 Å². The second-order valence-corrected chi connectivity index (χ2v) is 7.07. The Kier molecular flexibility index (Phi) is 5.69. The number of piperidine rings is 1. The monoisotopic (exact) mass is 315 g/mol. The molecule has 21 heavy (non-hydrogen) atoms. The molecule has 0 bridgehead atoms. The Morgan fingerprint density at radius 3 is 2.57 bits per heavy atom. The summed E-state index contributed by atoms with van der Waals surface area (Å²) < 4.78 is 41.8. The fourth-order valence-corrected chi connectivity index (χ4v) is 3.76. The van der Waals surface area contributed by atoms with Crippen molar-refractivity contribution in [1.82, 2.24) is 14.3 Å². The lowest BCUT2D eigenvalue weighted by Crippen LogP contribution is -2.45. The standard InChI is InChI=1S/C14H22FN3O2S/c1-16-10-12-6-8-18(9-7-12)21(19,20)17-11-13-4-2-3-5-14(13)15/h2-5,12,16-17H,6-11H2,1H3. The third-order valence-electron chi connectivity index (χ3n) is 3.81. The van der Waals surface area contributed by atoms with E-state index in [9.17, 15) is 12.8 Å². The van der Waals surface area contributed by atoms with Gasteiger partial charge in [-0.25, -0.2) is 4.39 Å². The lowest BCUT2D eigenvalue weighted by molar-refractivity contribution is 0.268. The van der Waals surface area contributed by atoms with E-state index in [2.05, 4.69) is 10.0 Å². The molecule has 7 heteroatoms. The van der Waals surface area contributed by atoms with Gasteiger partial charge >= 0.3 is 0 Å². The molecule has 0 radical (unpaired) electrons. The Balaban J connectivity index is 1.89. The highest BCUT2D eigenvalue weighted by Crippen LogP contribution is 2.18. The van der Waals surface area contributed by atoms with Crippen LogP contribution in [0.1, 0.15) is 18.4 Å². The Labute approximate surface area is 125 Å². The van der Waals surface area contributed by atoms with Gasteiger partial charge in [-0.3, -0.25) is 0 Å². The molecule has 1 heterocycles. The molecule has 118 valence electrons. The van der Waals surface area contributed by atoms with E-state index in [4.69, 9.17) is 0 Å². The smallest absolute Gasteiger partial charge is 0.279 e. The van der Waals surface area contributed by atoms with E-state index in [0.717, 1.165) is 19.4 Å². The van der Waals surface area contributed by atoms with Crippen LogP contribution in [-0.4, -0.2) is 39.4 Å². The topological polar surface area (TPSA) is 61.4 Å². The summed E-state index contributed by atoms with van der Waals surface area (Å²) in [6.07, 6.45) is 1.70. The fraction of sp³-hybridized carbons (Fsp3) is 0.571. The number of nitrogens with zero attached hydrogens (tertiary/aromatic N) is 1. The molecule has 0 unspecified atom stereocenters. The number of hydrogen-bond acceptors (Lipinski definition) is 3. The van der Waals surface area contributed by atoms with Crippen LogP contribution < -0.4 is 10.0 Å². The van der Waals surface area contributed by atoms with Crippen molar-refractivity contribution >= 4 is 10.2 Å². The van der Waals surface area contributed by atoms with Crippen molar-refractivity contribution in [3.63, 3.8) is 0 Å². The zero-order valence-corrected chi connectivity index (χ0v) is 13.0. The highest BCUT2D eigenvalue weighted by atomic mass is 32.2. The summed E-state index contributed by atoms with van der Waals surface area (Å²) in [5.74, 6) is 0.126. The number of hydrogen-bond donors (Lipinski definition) is 2. The van der Waals surface area contributed by atoms with E-state index < -0.39 is 16.0 Å². The van der Waals surface area contributed by atoms with Crippen LogP contribution in [0, 0.1) is 11.7 Å². The normalized spacial score (nSPS) is 18.0. The highest BCUT2D eigenvalue weighted by Gasteiger charge is 2.27. The quantitative estimate of drug-likeness (QED) is 0.826. The first-order valence-corrected chi connectivity index (χ1v) is 8.59. The number of halogens is 1. The van der Waals surface area contributed by atoms with Crippen LogP contribution in [0.5, 0.6) is 0 Å². The predicted molar refractivity (Wildman–Crippen MR) is 80.4 cm³/mol.